The summed E-state index contributed by atoms with van der Waals surface area (Å²) < 4.78 is 5.55. The Kier molecular flexibility index (Phi) is 3.97. The normalized spacial score (nSPS) is 22.4. The van der Waals surface area contributed by atoms with E-state index >= 15 is 0 Å². The Morgan fingerprint density at radius 1 is 1.26 bits per heavy atom. The van der Waals surface area contributed by atoms with Gasteiger partial charge in [-0.2, -0.15) is 0 Å². The highest BCUT2D eigenvalue weighted by Gasteiger charge is 2.24. The molecule has 1 aromatic carbocycles. The number of hydrogen-bond acceptors (Lipinski definition) is 2. The van der Waals surface area contributed by atoms with E-state index in [1.807, 2.05) is 4.90 Å². The second-order valence-electron chi connectivity index (χ2n) is 6.70. The highest BCUT2D eigenvalue weighted by molar-refractivity contribution is 5.75. The second kappa shape index (κ2) is 6.25. The highest BCUT2D eigenvalue weighted by atomic mass is 16.5. The minimum Gasteiger partial charge on any atom is -0.376 e. The van der Waals surface area contributed by atoms with Crippen molar-refractivity contribution in [2.75, 3.05) is 13.2 Å². The number of carbonyl (C=O) groups excluding carboxylic acids is 1. The monoisotopic (exact) mass is 310 g/mol. The Labute approximate surface area is 137 Å². The van der Waals surface area contributed by atoms with Crippen molar-refractivity contribution in [2.45, 2.75) is 44.9 Å². The minimum absolute atomic E-state index is 0.00214. The average molecular weight is 310 g/mol. The maximum atomic E-state index is 12.3. The van der Waals surface area contributed by atoms with Crippen LogP contribution >= 0.6 is 0 Å². The Morgan fingerprint density at radius 2 is 2.13 bits per heavy atom. The van der Waals surface area contributed by atoms with Gasteiger partial charge in [-0.1, -0.05) is 17.9 Å². The summed E-state index contributed by atoms with van der Waals surface area (Å²) in [5.74, 6) is 7.16. The highest BCUT2D eigenvalue weighted by Crippen LogP contribution is 2.28. The van der Waals surface area contributed by atoms with E-state index in [9.17, 15) is 4.79 Å². The molecule has 1 aromatic rings. The van der Waals surface area contributed by atoms with Gasteiger partial charge in [-0.25, -0.2) is 4.79 Å². The molecule has 1 saturated carbocycles. The van der Waals surface area contributed by atoms with Gasteiger partial charge in [-0.3, -0.25) is 0 Å². The van der Waals surface area contributed by atoms with Crippen molar-refractivity contribution in [1.29, 1.82) is 0 Å². The topological polar surface area (TPSA) is 41.6 Å². The standard InChI is InChI=1S/C19H22N2O2/c22-19(20-11-18-2-1-9-23-18)21-12-16-8-7-15(10-17(16)13-21)6-5-14-3-4-14/h7-8,10,14,18H,1-4,9,11-13H2,(H,20,22). The Morgan fingerprint density at radius 3 is 2.91 bits per heavy atom. The summed E-state index contributed by atoms with van der Waals surface area (Å²) in [5.41, 5.74) is 3.52. The second-order valence-corrected chi connectivity index (χ2v) is 6.70. The molecule has 4 rings (SSSR count). The van der Waals surface area contributed by atoms with Crippen LogP contribution in [-0.4, -0.2) is 30.2 Å². The van der Waals surface area contributed by atoms with Crippen LogP contribution in [-0.2, 0) is 17.8 Å². The molecule has 2 fully saturated rings. The van der Waals surface area contributed by atoms with E-state index in [0.717, 1.165) is 25.0 Å². The van der Waals surface area contributed by atoms with Gasteiger partial charge in [0.1, 0.15) is 0 Å². The molecule has 1 atom stereocenters. The molecular weight excluding hydrogens is 288 g/mol. The molecule has 4 heteroatoms. The summed E-state index contributed by atoms with van der Waals surface area (Å²) in [6.45, 7) is 2.79. The van der Waals surface area contributed by atoms with Crippen LogP contribution < -0.4 is 5.32 Å². The van der Waals surface area contributed by atoms with Gasteiger partial charge in [0.2, 0.25) is 0 Å². The van der Waals surface area contributed by atoms with Gasteiger partial charge in [0.25, 0.3) is 0 Å². The summed E-state index contributed by atoms with van der Waals surface area (Å²) in [6.07, 6.45) is 4.82. The van der Waals surface area contributed by atoms with Crippen molar-refractivity contribution in [2.24, 2.45) is 5.92 Å². The third kappa shape index (κ3) is 3.51. The number of nitrogens with zero attached hydrogens (tertiary/aromatic N) is 1. The van der Waals surface area contributed by atoms with Gasteiger partial charge in [0.05, 0.1) is 6.10 Å². The van der Waals surface area contributed by atoms with E-state index in [1.165, 1.54) is 24.0 Å². The van der Waals surface area contributed by atoms with E-state index < -0.39 is 0 Å². The molecule has 1 N–H and O–H groups in total. The number of benzene rings is 1. The van der Waals surface area contributed by atoms with Crippen molar-refractivity contribution in [3.8, 4) is 11.8 Å². The zero-order valence-corrected chi connectivity index (χ0v) is 13.3. The lowest BCUT2D eigenvalue weighted by atomic mass is 10.1. The Balaban J connectivity index is 1.35. The van der Waals surface area contributed by atoms with Crippen LogP contribution in [0.25, 0.3) is 0 Å². The fraction of sp³-hybridized carbons (Fsp3) is 0.526. The molecule has 120 valence electrons. The van der Waals surface area contributed by atoms with Gasteiger partial charge >= 0.3 is 6.03 Å². The van der Waals surface area contributed by atoms with Crippen molar-refractivity contribution in [3.63, 3.8) is 0 Å². The van der Waals surface area contributed by atoms with Gasteiger partial charge in [-0.15, -0.1) is 0 Å². The number of hydrogen-bond donors (Lipinski definition) is 1. The first-order chi connectivity index (χ1) is 11.3. The summed E-state index contributed by atoms with van der Waals surface area (Å²) in [7, 11) is 0. The molecule has 3 aliphatic rings. The zero-order valence-electron chi connectivity index (χ0n) is 13.3. The number of carbonyl (C=O) groups is 1. The van der Waals surface area contributed by atoms with Gasteiger partial charge in [0.15, 0.2) is 0 Å². The predicted molar refractivity (Wildman–Crippen MR) is 87.7 cm³/mol. The van der Waals surface area contributed by atoms with Crippen LogP contribution in [0.5, 0.6) is 0 Å². The number of amides is 2. The number of rotatable bonds is 2. The molecule has 2 amide bonds. The van der Waals surface area contributed by atoms with Crippen LogP contribution in [0.15, 0.2) is 18.2 Å². The SMILES string of the molecule is O=C(NCC1CCCO1)N1Cc2ccc(C#CC3CC3)cc2C1. The molecular formula is C19H22N2O2. The molecule has 1 saturated heterocycles. The van der Waals surface area contributed by atoms with E-state index in [0.29, 0.717) is 25.6 Å². The fourth-order valence-corrected chi connectivity index (χ4v) is 3.15. The lowest BCUT2D eigenvalue weighted by Crippen LogP contribution is -2.40. The molecule has 2 aliphatic heterocycles. The van der Waals surface area contributed by atoms with Crippen molar-refractivity contribution in [3.05, 3.63) is 34.9 Å². The smallest absolute Gasteiger partial charge is 0.318 e. The molecule has 4 nitrogen and oxygen atoms in total. The number of nitrogens with one attached hydrogen (secondary N) is 1. The van der Waals surface area contributed by atoms with Crippen LogP contribution in [0.3, 0.4) is 0 Å². The summed E-state index contributed by atoms with van der Waals surface area (Å²) in [6, 6.07) is 6.32. The zero-order chi connectivity index (χ0) is 15.6. The van der Waals surface area contributed by atoms with E-state index in [4.69, 9.17) is 4.74 Å². The first-order valence-electron chi connectivity index (χ1n) is 8.55. The lowest BCUT2D eigenvalue weighted by Gasteiger charge is -2.18. The van der Waals surface area contributed by atoms with Crippen molar-refractivity contribution in [1.82, 2.24) is 10.2 Å². The average Bonchev–Trinajstić information content (AvgIpc) is 3.08. The van der Waals surface area contributed by atoms with Crippen LogP contribution in [0.2, 0.25) is 0 Å². The maximum absolute atomic E-state index is 12.3. The van der Waals surface area contributed by atoms with E-state index in [1.54, 1.807) is 0 Å². The van der Waals surface area contributed by atoms with Gasteiger partial charge in [-0.05, 0) is 48.9 Å². The summed E-state index contributed by atoms with van der Waals surface area (Å²) >= 11 is 0. The van der Waals surface area contributed by atoms with E-state index in [-0.39, 0.29) is 12.1 Å². The summed E-state index contributed by atoms with van der Waals surface area (Å²) in [4.78, 5) is 14.2. The molecule has 1 aliphatic carbocycles. The van der Waals surface area contributed by atoms with Crippen molar-refractivity contribution >= 4 is 6.03 Å². The minimum atomic E-state index is 0.00214. The van der Waals surface area contributed by atoms with Crippen LogP contribution in [0.4, 0.5) is 4.79 Å². The molecule has 1 unspecified atom stereocenters. The Hall–Kier alpha value is -1.99. The first-order valence-corrected chi connectivity index (χ1v) is 8.55. The molecule has 2 heterocycles. The van der Waals surface area contributed by atoms with Crippen LogP contribution in [0.1, 0.15) is 42.4 Å². The summed E-state index contributed by atoms with van der Waals surface area (Å²) in [5, 5.41) is 3.00. The first kappa shape index (κ1) is 14.6. The molecule has 0 bridgehead atoms. The van der Waals surface area contributed by atoms with Gasteiger partial charge < -0.3 is 15.0 Å². The quantitative estimate of drug-likeness (QED) is 0.853. The molecule has 0 radical (unpaired) electrons. The maximum Gasteiger partial charge on any atom is 0.318 e. The molecule has 0 spiro atoms. The fourth-order valence-electron chi connectivity index (χ4n) is 3.15. The predicted octanol–water partition coefficient (Wildman–Crippen LogP) is 2.65. The largest absolute Gasteiger partial charge is 0.376 e. The third-order valence-corrected chi connectivity index (χ3v) is 4.72. The molecule has 0 aromatic heterocycles. The lowest BCUT2D eigenvalue weighted by molar-refractivity contribution is 0.109. The molecule has 23 heavy (non-hydrogen) atoms. The number of fused-ring (bicyclic) bond motifs is 1. The number of ether oxygens (including phenoxy) is 1. The van der Waals surface area contributed by atoms with Crippen LogP contribution in [0, 0.1) is 17.8 Å². The van der Waals surface area contributed by atoms with Crippen molar-refractivity contribution < 1.29 is 9.53 Å². The van der Waals surface area contributed by atoms with Gasteiger partial charge in [0, 0.05) is 37.7 Å². The van der Waals surface area contributed by atoms with E-state index in [2.05, 4.69) is 35.4 Å². The third-order valence-electron chi connectivity index (χ3n) is 4.72. The number of urea groups is 1. The Bertz CT molecular complexity index is 664.